The molecule has 0 bridgehead atoms. The second-order valence-electron chi connectivity index (χ2n) is 14.9. The molecule has 9 atom stereocenters. The number of nitrogens with zero attached hydrogens (tertiary/aromatic N) is 1. The lowest BCUT2D eigenvalue weighted by Crippen LogP contribution is -2.64. The summed E-state index contributed by atoms with van der Waals surface area (Å²) in [6.07, 6.45) is 6.94. The summed E-state index contributed by atoms with van der Waals surface area (Å²) in [5.74, 6) is -1.39. The Labute approximate surface area is 232 Å². The second kappa shape index (κ2) is 8.44. The summed E-state index contributed by atoms with van der Waals surface area (Å²) < 4.78 is 5.24. The zero-order valence-electron chi connectivity index (χ0n) is 24.5. The van der Waals surface area contributed by atoms with Gasteiger partial charge < -0.3 is 15.6 Å². The largest absolute Gasteiger partial charge is 0.523 e. The number of allylic oxidation sites excluding steroid dienone is 3. The van der Waals surface area contributed by atoms with Crippen LogP contribution < -0.4 is 5.73 Å². The van der Waals surface area contributed by atoms with Crippen molar-refractivity contribution in [3.05, 3.63) is 34.5 Å². The van der Waals surface area contributed by atoms with Gasteiger partial charge in [-0.2, -0.15) is 0 Å². The number of carbonyl (C=O) groups excluding carboxylic acids is 3. The quantitative estimate of drug-likeness (QED) is 0.344. The number of hydrogen-bond acceptors (Lipinski definition) is 5. The van der Waals surface area contributed by atoms with Crippen molar-refractivity contribution in [3.63, 3.8) is 0 Å². The molecule has 1 unspecified atom stereocenters. The molecule has 212 valence electrons. The topological polar surface area (TPSA) is 111 Å². The zero-order valence-corrected chi connectivity index (χ0v) is 24.5. The van der Waals surface area contributed by atoms with Crippen molar-refractivity contribution < 1.29 is 24.2 Å². The molecule has 3 saturated carbocycles. The van der Waals surface area contributed by atoms with Crippen LogP contribution in [0.25, 0.3) is 4.85 Å². The maximum Gasteiger partial charge on any atom is 0.308 e. The minimum Gasteiger partial charge on any atom is -0.523 e. The lowest BCUT2D eigenvalue weighted by atomic mass is 9.35. The molecule has 3 N–H and O–H groups in total. The van der Waals surface area contributed by atoms with Crippen molar-refractivity contribution in [1.82, 2.24) is 0 Å². The highest BCUT2D eigenvalue weighted by Crippen LogP contribution is 2.74. The van der Waals surface area contributed by atoms with Gasteiger partial charge in [-0.1, -0.05) is 40.2 Å². The average molecular weight is 537 g/mol. The zero-order chi connectivity index (χ0) is 28.9. The Kier molecular flexibility index (Phi) is 6.05. The van der Waals surface area contributed by atoms with Gasteiger partial charge in [0.2, 0.25) is 11.6 Å². The summed E-state index contributed by atoms with van der Waals surface area (Å²) >= 11 is 0. The van der Waals surface area contributed by atoms with Crippen LogP contribution in [0.1, 0.15) is 86.5 Å². The van der Waals surface area contributed by atoms with Crippen molar-refractivity contribution >= 4 is 17.7 Å². The number of fused-ring (bicyclic) bond motifs is 7. The third kappa shape index (κ3) is 3.42. The number of primary amides is 1. The van der Waals surface area contributed by atoms with Crippen molar-refractivity contribution in [3.8, 4) is 0 Å². The standard InChI is InChI=1S/C32H44N2O5/c1-28(2)14-18-17(19(15-28)26(37)39-8)9-11-31(5)24(18)21(35)13-23-29(3)16-20(34-7)25(36)32(6,27(33)38)22(29)10-12-30(23,31)4/h13,17-19,22,24,36H,9-12,14-16H2,1-6,8H3,(H2,33,38)/t17?,18-,19-,22-,24+,29+,30-,31-,32+/m1/s1. The highest BCUT2D eigenvalue weighted by Gasteiger charge is 2.70. The molecule has 0 saturated heterocycles. The summed E-state index contributed by atoms with van der Waals surface area (Å²) in [6, 6.07) is 0. The number of rotatable bonds is 2. The first-order chi connectivity index (χ1) is 18.0. The summed E-state index contributed by atoms with van der Waals surface area (Å²) in [5, 5.41) is 11.1. The van der Waals surface area contributed by atoms with E-state index in [0.717, 1.165) is 37.7 Å². The molecule has 3 fully saturated rings. The fraction of sp³-hybridized carbons (Fsp3) is 0.750. The molecule has 0 heterocycles. The van der Waals surface area contributed by atoms with Crippen LogP contribution in [-0.2, 0) is 19.1 Å². The summed E-state index contributed by atoms with van der Waals surface area (Å²) in [4.78, 5) is 43.8. The number of amides is 1. The minimum atomic E-state index is -1.37. The molecule has 0 aromatic rings. The van der Waals surface area contributed by atoms with E-state index in [1.54, 1.807) is 6.92 Å². The van der Waals surface area contributed by atoms with Gasteiger partial charge in [-0.15, -0.1) is 0 Å². The summed E-state index contributed by atoms with van der Waals surface area (Å²) in [5.41, 5.74) is 4.33. The Balaban J connectivity index is 1.66. The van der Waals surface area contributed by atoms with Crippen LogP contribution in [0.3, 0.4) is 0 Å². The second-order valence-corrected chi connectivity index (χ2v) is 14.9. The normalized spacial score (nSPS) is 46.5. The molecule has 0 spiro atoms. The molecule has 0 aromatic heterocycles. The third-order valence-corrected chi connectivity index (χ3v) is 12.7. The lowest BCUT2D eigenvalue weighted by Gasteiger charge is -2.68. The van der Waals surface area contributed by atoms with E-state index in [1.807, 2.05) is 6.08 Å². The first-order valence-corrected chi connectivity index (χ1v) is 14.5. The van der Waals surface area contributed by atoms with Gasteiger partial charge in [0.25, 0.3) is 0 Å². The maximum atomic E-state index is 14.4. The Hall–Kier alpha value is -2.62. The van der Waals surface area contributed by atoms with Crippen LogP contribution in [0.2, 0.25) is 0 Å². The number of hydrogen-bond donors (Lipinski definition) is 2. The van der Waals surface area contributed by atoms with Gasteiger partial charge in [0.15, 0.2) is 5.78 Å². The van der Waals surface area contributed by atoms with Crippen LogP contribution in [0.5, 0.6) is 0 Å². The van der Waals surface area contributed by atoms with Gasteiger partial charge in [-0.05, 0) is 97.4 Å². The van der Waals surface area contributed by atoms with Crippen LogP contribution in [0, 0.1) is 63.2 Å². The minimum absolute atomic E-state index is 0.0768. The molecule has 7 heteroatoms. The molecule has 1 amide bonds. The number of aliphatic hydroxyl groups excluding tert-OH is 1. The van der Waals surface area contributed by atoms with Gasteiger partial charge in [-0.25, -0.2) is 4.85 Å². The fourth-order valence-corrected chi connectivity index (χ4v) is 10.6. The Morgan fingerprint density at radius 3 is 2.33 bits per heavy atom. The first-order valence-electron chi connectivity index (χ1n) is 14.5. The lowest BCUT2D eigenvalue weighted by molar-refractivity contribution is -0.173. The van der Waals surface area contributed by atoms with Gasteiger partial charge in [0, 0.05) is 5.92 Å². The predicted molar refractivity (Wildman–Crippen MR) is 147 cm³/mol. The van der Waals surface area contributed by atoms with Crippen LogP contribution in [-0.4, -0.2) is 29.9 Å². The SMILES string of the molecule is [C-]#[N+]C1=C(O)[C@@](C)(C(N)=O)[C@@H]2CC[C@]3(C)C(=CC(=O)[C@@H]4[C@@H]5CC(C)(C)C[C@@H](C(=O)OC)C5CC[C@]43C)[C@@]2(C)C1. The molecule has 0 radical (unpaired) electrons. The molecule has 5 aliphatic carbocycles. The van der Waals surface area contributed by atoms with Gasteiger partial charge in [0.05, 0.1) is 25.0 Å². The smallest absolute Gasteiger partial charge is 0.308 e. The van der Waals surface area contributed by atoms with Crippen molar-refractivity contribution in [2.24, 2.45) is 62.4 Å². The van der Waals surface area contributed by atoms with Crippen molar-refractivity contribution in [2.75, 3.05) is 7.11 Å². The third-order valence-electron chi connectivity index (χ3n) is 12.7. The molecule has 5 rings (SSSR count). The van der Waals surface area contributed by atoms with Crippen LogP contribution in [0.15, 0.2) is 23.1 Å². The summed E-state index contributed by atoms with van der Waals surface area (Å²) in [6.45, 7) is 20.5. The monoisotopic (exact) mass is 536 g/mol. The number of ketones is 1. The van der Waals surface area contributed by atoms with Gasteiger partial charge in [0.1, 0.15) is 5.76 Å². The van der Waals surface area contributed by atoms with E-state index >= 15 is 0 Å². The van der Waals surface area contributed by atoms with E-state index in [-0.39, 0.29) is 75.5 Å². The average Bonchev–Trinajstić information content (AvgIpc) is 2.85. The van der Waals surface area contributed by atoms with Crippen LogP contribution >= 0.6 is 0 Å². The molecule has 39 heavy (non-hydrogen) atoms. The number of ether oxygens (including phenoxy) is 1. The molecular weight excluding hydrogens is 492 g/mol. The maximum absolute atomic E-state index is 14.4. The number of aliphatic hydroxyl groups is 1. The predicted octanol–water partition coefficient (Wildman–Crippen LogP) is 5.76. The fourth-order valence-electron chi connectivity index (χ4n) is 10.6. The number of methoxy groups -OCH3 is 1. The van der Waals surface area contributed by atoms with Crippen LogP contribution in [0.4, 0.5) is 0 Å². The van der Waals surface area contributed by atoms with E-state index in [4.69, 9.17) is 17.0 Å². The molecular formula is C32H44N2O5. The molecule has 7 nitrogen and oxygen atoms in total. The van der Waals surface area contributed by atoms with E-state index < -0.39 is 16.7 Å². The molecule has 5 aliphatic rings. The number of nitrogens with two attached hydrogens (primary N) is 1. The first kappa shape index (κ1) is 27.9. The highest BCUT2D eigenvalue weighted by atomic mass is 16.5. The van der Waals surface area contributed by atoms with E-state index in [0.29, 0.717) is 6.42 Å². The number of carbonyl (C=O) groups is 3. The highest BCUT2D eigenvalue weighted by molar-refractivity contribution is 5.96. The van der Waals surface area contributed by atoms with Gasteiger partial charge >= 0.3 is 5.97 Å². The van der Waals surface area contributed by atoms with Gasteiger partial charge in [-0.3, -0.25) is 14.4 Å². The van der Waals surface area contributed by atoms with Crippen molar-refractivity contribution in [2.45, 2.75) is 86.5 Å². The Morgan fingerprint density at radius 2 is 1.74 bits per heavy atom. The Morgan fingerprint density at radius 1 is 1.08 bits per heavy atom. The Bertz CT molecular complexity index is 1260. The molecule has 0 aliphatic heterocycles. The van der Waals surface area contributed by atoms with E-state index in [9.17, 15) is 19.5 Å². The number of esters is 1. The molecule has 0 aromatic carbocycles. The van der Waals surface area contributed by atoms with E-state index in [2.05, 4.69) is 39.5 Å². The van der Waals surface area contributed by atoms with E-state index in [1.165, 1.54) is 7.11 Å². The summed E-state index contributed by atoms with van der Waals surface area (Å²) in [7, 11) is 1.46. The van der Waals surface area contributed by atoms with Crippen molar-refractivity contribution in [1.29, 1.82) is 0 Å².